The molecular weight excluding hydrogens is 304 g/mol. The molecule has 2 rings (SSSR count). The summed E-state index contributed by atoms with van der Waals surface area (Å²) < 4.78 is 0. The van der Waals surface area contributed by atoms with E-state index < -0.39 is 5.91 Å². The second-order valence-electron chi connectivity index (χ2n) is 4.53. The summed E-state index contributed by atoms with van der Waals surface area (Å²) in [6.07, 6.45) is 0.513. The van der Waals surface area contributed by atoms with Gasteiger partial charge in [0.25, 0.3) is 5.91 Å². The van der Waals surface area contributed by atoms with Gasteiger partial charge in [-0.1, -0.05) is 30.7 Å². The Kier molecular flexibility index (Phi) is 5.01. The third kappa shape index (κ3) is 3.56. The number of aromatic hydroxyl groups is 2. The van der Waals surface area contributed by atoms with Gasteiger partial charge < -0.3 is 10.2 Å². The molecule has 0 aromatic heterocycles. The van der Waals surface area contributed by atoms with Crippen molar-refractivity contribution in [1.82, 2.24) is 5.43 Å². The molecular formula is C16H15ClN2O3. The molecule has 22 heavy (non-hydrogen) atoms. The van der Waals surface area contributed by atoms with Gasteiger partial charge in [-0.05, 0) is 36.8 Å². The molecule has 2 aromatic carbocycles. The van der Waals surface area contributed by atoms with Crippen molar-refractivity contribution in [2.24, 2.45) is 5.10 Å². The van der Waals surface area contributed by atoms with Crippen LogP contribution < -0.4 is 5.43 Å². The minimum Gasteiger partial charge on any atom is -0.507 e. The zero-order valence-corrected chi connectivity index (χ0v) is 12.6. The summed E-state index contributed by atoms with van der Waals surface area (Å²) in [6, 6.07) is 10.9. The minimum atomic E-state index is -0.582. The van der Waals surface area contributed by atoms with Crippen LogP contribution in [0.15, 0.2) is 47.6 Å². The van der Waals surface area contributed by atoms with Crippen LogP contribution in [0.2, 0.25) is 5.02 Å². The molecule has 0 radical (unpaired) electrons. The van der Waals surface area contributed by atoms with Crippen LogP contribution in [0.3, 0.4) is 0 Å². The lowest BCUT2D eigenvalue weighted by molar-refractivity contribution is 0.0952. The molecule has 0 saturated heterocycles. The van der Waals surface area contributed by atoms with Gasteiger partial charge in [-0.15, -0.1) is 0 Å². The van der Waals surface area contributed by atoms with Crippen LogP contribution in [-0.2, 0) is 0 Å². The summed E-state index contributed by atoms with van der Waals surface area (Å²) in [5.74, 6) is -0.679. The molecule has 114 valence electrons. The van der Waals surface area contributed by atoms with E-state index in [1.165, 1.54) is 18.2 Å². The zero-order valence-electron chi connectivity index (χ0n) is 11.9. The van der Waals surface area contributed by atoms with Gasteiger partial charge >= 0.3 is 0 Å². The predicted octanol–water partition coefficient (Wildman–Crippen LogP) is 3.30. The monoisotopic (exact) mass is 318 g/mol. The first-order valence-electron chi connectivity index (χ1n) is 6.66. The highest BCUT2D eigenvalue weighted by molar-refractivity contribution is 6.31. The van der Waals surface area contributed by atoms with Crippen LogP contribution in [-0.4, -0.2) is 21.8 Å². The zero-order chi connectivity index (χ0) is 16.1. The number of phenolic OH excluding ortho intramolecular Hbond substituents is 2. The van der Waals surface area contributed by atoms with Crippen molar-refractivity contribution in [3.8, 4) is 11.5 Å². The molecule has 0 aliphatic heterocycles. The number of hydrogen-bond donors (Lipinski definition) is 3. The quantitative estimate of drug-likeness (QED) is 0.597. The molecule has 0 heterocycles. The number of hydrogen-bond acceptors (Lipinski definition) is 4. The highest BCUT2D eigenvalue weighted by atomic mass is 35.5. The molecule has 0 fully saturated rings. The molecule has 0 aliphatic rings. The Bertz CT molecular complexity index is 729. The minimum absolute atomic E-state index is 0.0315. The van der Waals surface area contributed by atoms with Crippen molar-refractivity contribution in [3.63, 3.8) is 0 Å². The van der Waals surface area contributed by atoms with Gasteiger partial charge in [-0.3, -0.25) is 4.79 Å². The summed E-state index contributed by atoms with van der Waals surface area (Å²) in [7, 11) is 0. The fraction of sp³-hybridized carbons (Fsp3) is 0.125. The molecule has 0 aliphatic carbocycles. The van der Waals surface area contributed by atoms with Crippen molar-refractivity contribution >= 4 is 23.2 Å². The van der Waals surface area contributed by atoms with Crippen LogP contribution in [0, 0.1) is 0 Å². The Labute approximate surface area is 132 Å². The van der Waals surface area contributed by atoms with E-state index in [0.29, 0.717) is 22.7 Å². The van der Waals surface area contributed by atoms with Gasteiger partial charge in [0.1, 0.15) is 11.5 Å². The van der Waals surface area contributed by atoms with Gasteiger partial charge in [0, 0.05) is 10.6 Å². The highest BCUT2D eigenvalue weighted by Crippen LogP contribution is 2.21. The number of carbonyl (C=O) groups excluding carboxylic acids is 1. The summed E-state index contributed by atoms with van der Waals surface area (Å²) in [5, 5.41) is 23.9. The maximum atomic E-state index is 12.1. The van der Waals surface area contributed by atoms with E-state index in [0.717, 1.165) is 0 Å². The number of hydrazone groups is 1. The molecule has 3 N–H and O–H groups in total. The molecule has 0 bridgehead atoms. The number of nitrogens with zero attached hydrogens (tertiary/aromatic N) is 1. The lowest BCUT2D eigenvalue weighted by Crippen LogP contribution is -2.20. The smallest absolute Gasteiger partial charge is 0.275 e. The van der Waals surface area contributed by atoms with E-state index >= 15 is 0 Å². The number of phenols is 2. The molecule has 0 saturated carbocycles. The maximum absolute atomic E-state index is 12.1. The van der Waals surface area contributed by atoms with Gasteiger partial charge in [0.2, 0.25) is 0 Å². The number of rotatable bonds is 4. The maximum Gasteiger partial charge on any atom is 0.275 e. The number of nitrogens with one attached hydrogen (secondary N) is 1. The summed E-state index contributed by atoms with van der Waals surface area (Å²) in [6.45, 7) is 1.86. The third-order valence-corrected chi connectivity index (χ3v) is 3.28. The number of carbonyl (C=O) groups is 1. The molecule has 2 aromatic rings. The van der Waals surface area contributed by atoms with Crippen LogP contribution in [0.25, 0.3) is 0 Å². The SMILES string of the molecule is CC/C(=N\NC(=O)c1cc(Cl)ccc1O)c1ccccc1O. The van der Waals surface area contributed by atoms with Crippen LogP contribution in [0.4, 0.5) is 0 Å². The van der Waals surface area contributed by atoms with Crippen LogP contribution in [0.5, 0.6) is 11.5 Å². The van der Waals surface area contributed by atoms with E-state index in [1.807, 2.05) is 6.92 Å². The van der Waals surface area contributed by atoms with Crippen molar-refractivity contribution in [3.05, 3.63) is 58.6 Å². The summed E-state index contributed by atoms with van der Waals surface area (Å²) >= 11 is 5.81. The Hall–Kier alpha value is -2.53. The first-order chi connectivity index (χ1) is 10.5. The summed E-state index contributed by atoms with van der Waals surface area (Å²) in [5.41, 5.74) is 3.46. The number of para-hydroxylation sites is 1. The van der Waals surface area contributed by atoms with Crippen molar-refractivity contribution in [2.75, 3.05) is 0 Å². The fourth-order valence-electron chi connectivity index (χ4n) is 1.92. The first kappa shape index (κ1) is 15.9. The fourth-order valence-corrected chi connectivity index (χ4v) is 2.09. The predicted molar refractivity (Wildman–Crippen MR) is 85.5 cm³/mol. The number of halogens is 1. The number of benzene rings is 2. The van der Waals surface area contributed by atoms with Crippen molar-refractivity contribution < 1.29 is 15.0 Å². The Morgan fingerprint density at radius 2 is 1.82 bits per heavy atom. The second kappa shape index (κ2) is 6.95. The first-order valence-corrected chi connectivity index (χ1v) is 7.04. The van der Waals surface area contributed by atoms with Gasteiger partial charge in [0.15, 0.2) is 0 Å². The van der Waals surface area contributed by atoms with E-state index in [-0.39, 0.29) is 17.1 Å². The van der Waals surface area contributed by atoms with Crippen LogP contribution >= 0.6 is 11.6 Å². The van der Waals surface area contributed by atoms with E-state index in [1.54, 1.807) is 24.3 Å². The van der Waals surface area contributed by atoms with Gasteiger partial charge in [-0.25, -0.2) is 5.43 Å². The van der Waals surface area contributed by atoms with Crippen molar-refractivity contribution in [2.45, 2.75) is 13.3 Å². The second-order valence-corrected chi connectivity index (χ2v) is 4.97. The Morgan fingerprint density at radius 3 is 2.50 bits per heavy atom. The topological polar surface area (TPSA) is 81.9 Å². The lowest BCUT2D eigenvalue weighted by atomic mass is 10.1. The number of amides is 1. The normalized spacial score (nSPS) is 11.3. The van der Waals surface area contributed by atoms with E-state index in [2.05, 4.69) is 10.5 Å². The molecule has 5 nitrogen and oxygen atoms in total. The average molecular weight is 319 g/mol. The standard InChI is InChI=1S/C16H15ClN2O3/c1-2-13(11-5-3-4-6-14(11)20)18-19-16(22)12-9-10(17)7-8-15(12)21/h3-9,20-21H,2H2,1H3,(H,19,22)/b18-13+. The van der Waals surface area contributed by atoms with Crippen LogP contribution in [0.1, 0.15) is 29.3 Å². The third-order valence-electron chi connectivity index (χ3n) is 3.05. The van der Waals surface area contributed by atoms with Gasteiger partial charge in [-0.2, -0.15) is 5.10 Å². The molecule has 1 amide bonds. The lowest BCUT2D eigenvalue weighted by Gasteiger charge is -2.08. The Morgan fingerprint density at radius 1 is 1.14 bits per heavy atom. The van der Waals surface area contributed by atoms with Gasteiger partial charge in [0.05, 0.1) is 11.3 Å². The molecule has 0 atom stereocenters. The average Bonchev–Trinajstić information content (AvgIpc) is 2.51. The highest BCUT2D eigenvalue weighted by Gasteiger charge is 2.12. The van der Waals surface area contributed by atoms with E-state index in [9.17, 15) is 15.0 Å². The Balaban J connectivity index is 2.24. The molecule has 0 unspecified atom stereocenters. The molecule has 6 heteroatoms. The summed E-state index contributed by atoms with van der Waals surface area (Å²) in [4.78, 5) is 12.1. The molecule has 0 spiro atoms. The van der Waals surface area contributed by atoms with E-state index in [4.69, 9.17) is 11.6 Å². The van der Waals surface area contributed by atoms with Crippen molar-refractivity contribution in [1.29, 1.82) is 0 Å². The largest absolute Gasteiger partial charge is 0.507 e.